The lowest BCUT2D eigenvalue weighted by atomic mass is 9.97. The Bertz CT molecular complexity index is 1540. The summed E-state index contributed by atoms with van der Waals surface area (Å²) in [5.74, 6) is -0.815. The molecule has 1 unspecified atom stereocenters. The van der Waals surface area contributed by atoms with Crippen molar-refractivity contribution in [2.24, 2.45) is 0 Å². The molecule has 9 nitrogen and oxygen atoms in total. The molecule has 0 bridgehead atoms. The topological polar surface area (TPSA) is 97.7 Å². The van der Waals surface area contributed by atoms with Gasteiger partial charge in [0.05, 0.1) is 17.9 Å². The maximum Gasteiger partial charge on any atom is 0.573 e. The Morgan fingerprint density at radius 2 is 1.88 bits per heavy atom. The molecule has 0 saturated heterocycles. The molecule has 1 aliphatic heterocycles. The monoisotopic (exact) mass is 567 g/mol. The molecule has 12 heteroatoms. The molecule has 2 N–H and O–H groups in total. The van der Waals surface area contributed by atoms with Gasteiger partial charge in [0.2, 0.25) is 0 Å². The van der Waals surface area contributed by atoms with Crippen molar-refractivity contribution in [3.63, 3.8) is 0 Å². The van der Waals surface area contributed by atoms with E-state index < -0.39 is 18.4 Å². The fourth-order valence-electron chi connectivity index (χ4n) is 5.00. The summed E-state index contributed by atoms with van der Waals surface area (Å²) >= 11 is 0. The number of hydrogen-bond donors (Lipinski definition) is 2. The normalized spacial score (nSPS) is 14.8. The summed E-state index contributed by atoms with van der Waals surface area (Å²) in [7, 11) is 0. The van der Waals surface area contributed by atoms with Crippen molar-refractivity contribution in [2.75, 3.05) is 23.3 Å². The largest absolute Gasteiger partial charge is 0.573 e. The molecule has 5 rings (SSSR count). The van der Waals surface area contributed by atoms with Crippen molar-refractivity contribution in [3.05, 3.63) is 84.1 Å². The lowest BCUT2D eigenvalue weighted by Crippen LogP contribution is -2.49. The van der Waals surface area contributed by atoms with Gasteiger partial charge in [-0.1, -0.05) is 47.3 Å². The average molecular weight is 568 g/mol. The van der Waals surface area contributed by atoms with Crippen LogP contribution in [0.15, 0.2) is 72.9 Å². The molecule has 0 aliphatic carbocycles. The molecule has 41 heavy (non-hydrogen) atoms. The first-order valence-corrected chi connectivity index (χ1v) is 13.1. The third kappa shape index (κ3) is 7.07. The molecule has 1 aliphatic rings. The fourth-order valence-corrected chi connectivity index (χ4v) is 5.00. The zero-order valence-corrected chi connectivity index (χ0v) is 22.1. The lowest BCUT2D eigenvalue weighted by molar-refractivity contribution is -0.274. The van der Waals surface area contributed by atoms with Crippen LogP contribution < -0.4 is 25.1 Å². The summed E-state index contributed by atoms with van der Waals surface area (Å²) in [6, 6.07) is 18.6. The number of carbonyl (C=O) groups is 2. The van der Waals surface area contributed by atoms with Crippen LogP contribution >= 0.6 is 0 Å². The third-order valence-electron chi connectivity index (χ3n) is 6.65. The molecule has 1 atom stereocenters. The zero-order valence-electron chi connectivity index (χ0n) is 22.1. The average Bonchev–Trinajstić information content (AvgIpc) is 3.31. The first-order chi connectivity index (χ1) is 19.6. The lowest BCUT2D eigenvalue weighted by Gasteiger charge is -2.37. The van der Waals surface area contributed by atoms with Crippen molar-refractivity contribution < 1.29 is 32.3 Å². The first kappa shape index (κ1) is 27.8. The Morgan fingerprint density at radius 1 is 1.07 bits per heavy atom. The number of aryl methyl sites for hydroxylation is 1. The number of benzene rings is 3. The number of amides is 2. The SMILES string of the molecule is CC(=O)On1ncc2c(NC(=O)NC3Cc4ccc(OC(F)(F)F)cc4N(CCCc4ccccc4)C3)cccc21. The molecule has 2 heterocycles. The Labute approximate surface area is 233 Å². The Balaban J connectivity index is 1.30. The minimum Gasteiger partial charge on any atom is -0.406 e. The predicted octanol–water partition coefficient (Wildman–Crippen LogP) is 5.10. The third-order valence-corrected chi connectivity index (χ3v) is 6.65. The van der Waals surface area contributed by atoms with E-state index in [0.717, 1.165) is 23.3 Å². The summed E-state index contributed by atoms with van der Waals surface area (Å²) in [5, 5.41) is 10.4. The van der Waals surface area contributed by atoms with Gasteiger partial charge in [0.1, 0.15) is 11.3 Å². The maximum atomic E-state index is 13.0. The number of nitrogens with one attached hydrogen (secondary N) is 2. The second-order valence-corrected chi connectivity index (χ2v) is 9.71. The molecule has 0 spiro atoms. The summed E-state index contributed by atoms with van der Waals surface area (Å²) in [4.78, 5) is 32.5. The van der Waals surface area contributed by atoms with Gasteiger partial charge >= 0.3 is 18.4 Å². The Morgan fingerprint density at radius 3 is 2.63 bits per heavy atom. The number of fused-ring (bicyclic) bond motifs is 2. The number of nitrogens with zero attached hydrogens (tertiary/aromatic N) is 3. The highest BCUT2D eigenvalue weighted by Crippen LogP contribution is 2.34. The quantitative estimate of drug-likeness (QED) is 0.308. The van der Waals surface area contributed by atoms with Gasteiger partial charge in [0.25, 0.3) is 0 Å². The number of anilines is 2. The molecule has 2 amide bonds. The maximum absolute atomic E-state index is 13.0. The fraction of sp³-hybridized carbons (Fsp3) is 0.276. The van der Waals surface area contributed by atoms with Crippen LogP contribution in [-0.4, -0.2) is 47.4 Å². The van der Waals surface area contributed by atoms with Crippen LogP contribution in [0.1, 0.15) is 24.5 Å². The standard InChI is InChI=1S/C29H28F3N5O4/c1-19(38)41-37-26-11-5-10-25(24(26)17-33-37)35-28(39)34-22-15-21-12-13-23(40-29(30,31)32)16-27(21)36(18-22)14-6-9-20-7-3-2-4-8-20/h2-5,7-8,10-13,16-17,22H,6,9,14-15,18H2,1H3,(H2,34,35,39). The minimum absolute atomic E-state index is 0.282. The van der Waals surface area contributed by atoms with Crippen LogP contribution in [0.2, 0.25) is 0 Å². The number of halogens is 3. The van der Waals surface area contributed by atoms with Crippen molar-refractivity contribution in [3.8, 4) is 5.75 Å². The number of urea groups is 1. The molecule has 0 radical (unpaired) electrons. The highest BCUT2D eigenvalue weighted by atomic mass is 19.4. The Kier molecular flexibility index (Phi) is 7.99. The molecular weight excluding hydrogens is 539 g/mol. The number of carbonyl (C=O) groups excluding carboxylic acids is 2. The number of rotatable bonds is 8. The molecule has 4 aromatic rings. The second-order valence-electron chi connectivity index (χ2n) is 9.71. The molecule has 0 saturated carbocycles. The van der Waals surface area contributed by atoms with E-state index in [1.165, 1.54) is 30.8 Å². The van der Waals surface area contributed by atoms with E-state index in [9.17, 15) is 22.8 Å². The van der Waals surface area contributed by atoms with Crippen LogP contribution in [0.5, 0.6) is 5.75 Å². The molecule has 1 aromatic heterocycles. The molecule has 0 fully saturated rings. The van der Waals surface area contributed by atoms with E-state index in [1.54, 1.807) is 24.3 Å². The van der Waals surface area contributed by atoms with Gasteiger partial charge in [-0.3, -0.25) is 0 Å². The highest BCUT2D eigenvalue weighted by molar-refractivity contribution is 6.00. The van der Waals surface area contributed by atoms with Gasteiger partial charge < -0.3 is 25.1 Å². The highest BCUT2D eigenvalue weighted by Gasteiger charge is 2.32. The van der Waals surface area contributed by atoms with Crippen LogP contribution in [0, 0.1) is 0 Å². The van der Waals surface area contributed by atoms with Crippen LogP contribution in [0.25, 0.3) is 10.9 Å². The number of hydrogen-bond acceptors (Lipinski definition) is 6. The van der Waals surface area contributed by atoms with Crippen LogP contribution in [0.3, 0.4) is 0 Å². The number of ether oxygens (including phenoxy) is 1. The first-order valence-electron chi connectivity index (χ1n) is 13.1. The molecule has 214 valence electrons. The van der Waals surface area contributed by atoms with Crippen LogP contribution in [0.4, 0.5) is 29.3 Å². The summed E-state index contributed by atoms with van der Waals surface area (Å²) < 4.78 is 42.8. The van der Waals surface area contributed by atoms with Gasteiger partial charge in [0, 0.05) is 37.2 Å². The van der Waals surface area contributed by atoms with Gasteiger partial charge in [-0.25, -0.2) is 9.59 Å². The number of alkyl halides is 3. The van der Waals surface area contributed by atoms with Gasteiger partial charge in [-0.15, -0.1) is 18.3 Å². The van der Waals surface area contributed by atoms with Gasteiger partial charge in [-0.05, 0) is 48.6 Å². The smallest absolute Gasteiger partial charge is 0.406 e. The van der Waals surface area contributed by atoms with Crippen molar-refractivity contribution in [1.29, 1.82) is 0 Å². The van der Waals surface area contributed by atoms with Crippen molar-refractivity contribution in [1.82, 2.24) is 15.3 Å². The van der Waals surface area contributed by atoms with E-state index in [0.29, 0.717) is 41.8 Å². The van der Waals surface area contributed by atoms with Gasteiger partial charge in [-0.2, -0.15) is 0 Å². The molecule has 3 aromatic carbocycles. The van der Waals surface area contributed by atoms with E-state index in [2.05, 4.69) is 20.5 Å². The molecular formula is C29H28F3N5O4. The van der Waals surface area contributed by atoms with Crippen molar-refractivity contribution in [2.45, 2.75) is 38.6 Å². The zero-order chi connectivity index (χ0) is 29.0. The predicted molar refractivity (Wildman–Crippen MR) is 147 cm³/mol. The second kappa shape index (κ2) is 11.8. The van der Waals surface area contributed by atoms with Crippen LogP contribution in [-0.2, 0) is 17.6 Å². The van der Waals surface area contributed by atoms with E-state index in [1.807, 2.05) is 35.2 Å². The Hall–Kier alpha value is -4.74. The number of aromatic nitrogens is 2. The summed E-state index contributed by atoms with van der Waals surface area (Å²) in [5.41, 5.74) is 3.61. The van der Waals surface area contributed by atoms with E-state index >= 15 is 0 Å². The van der Waals surface area contributed by atoms with Gasteiger partial charge in [0.15, 0.2) is 0 Å². The minimum atomic E-state index is -4.79. The van der Waals surface area contributed by atoms with E-state index in [4.69, 9.17) is 4.84 Å². The van der Waals surface area contributed by atoms with E-state index in [-0.39, 0.29) is 11.8 Å². The summed E-state index contributed by atoms with van der Waals surface area (Å²) in [6.45, 7) is 2.24. The summed E-state index contributed by atoms with van der Waals surface area (Å²) in [6.07, 6.45) is -1.31. The van der Waals surface area contributed by atoms with Crippen molar-refractivity contribution >= 4 is 34.3 Å².